The van der Waals surface area contributed by atoms with E-state index in [0.29, 0.717) is 17.7 Å². The normalized spacial score (nSPS) is 17.6. The SMILES string of the molecule is N=c1ncn(Cc2cn([C@H](c3ccccc3)[C@H](c3ccccc3)N3CCN(C4=NCCS4)CC3)nn2)c2nc[nH]c12. The van der Waals surface area contributed by atoms with Crippen molar-refractivity contribution in [2.75, 3.05) is 38.5 Å². The molecule has 3 aromatic heterocycles. The molecule has 0 bridgehead atoms. The molecule has 0 aliphatic carbocycles. The molecule has 0 amide bonds. The monoisotopic (exact) mass is 565 g/mol. The Kier molecular flexibility index (Phi) is 7.07. The molecular formula is C29H31N11S. The fourth-order valence-corrected chi connectivity index (χ4v) is 6.73. The van der Waals surface area contributed by atoms with E-state index in [0.717, 1.165) is 44.2 Å². The van der Waals surface area contributed by atoms with E-state index in [-0.39, 0.29) is 17.6 Å². The third-order valence-electron chi connectivity index (χ3n) is 7.76. The molecule has 1 fully saturated rings. The number of piperazine rings is 1. The molecule has 0 saturated carbocycles. The van der Waals surface area contributed by atoms with E-state index in [9.17, 15) is 0 Å². The molecule has 0 spiro atoms. The maximum Gasteiger partial charge on any atom is 0.173 e. The molecule has 0 radical (unpaired) electrons. The first-order valence-electron chi connectivity index (χ1n) is 13.8. The highest BCUT2D eigenvalue weighted by Gasteiger charge is 2.35. The van der Waals surface area contributed by atoms with Crippen molar-refractivity contribution in [2.45, 2.75) is 18.6 Å². The largest absolute Gasteiger partial charge is 0.349 e. The second-order valence-electron chi connectivity index (χ2n) is 10.3. The van der Waals surface area contributed by atoms with E-state index >= 15 is 0 Å². The van der Waals surface area contributed by atoms with Gasteiger partial charge in [0.2, 0.25) is 0 Å². The second-order valence-corrected chi connectivity index (χ2v) is 11.3. The van der Waals surface area contributed by atoms with Crippen LogP contribution in [0.2, 0.25) is 0 Å². The van der Waals surface area contributed by atoms with E-state index in [1.165, 1.54) is 16.3 Å². The Morgan fingerprint density at radius 1 is 0.902 bits per heavy atom. The highest BCUT2D eigenvalue weighted by molar-refractivity contribution is 8.14. The number of rotatable bonds is 7. The molecule has 41 heavy (non-hydrogen) atoms. The van der Waals surface area contributed by atoms with Gasteiger partial charge in [-0.15, -0.1) is 5.10 Å². The zero-order chi connectivity index (χ0) is 27.6. The number of benzene rings is 2. The standard InChI is InChI=1S/C29H31N11S/c30-27-24-28(33-19-32-24)39(20-34-27)17-23-18-40(36-35-23)26(22-9-5-2-6-10-22)25(21-7-3-1-4-8-21)37-12-14-38(15-13-37)29-31-11-16-41-29/h1-10,18-20,25-26,30H,11-17H2,(H,32,33)/t25-,26+/m0/s1. The molecule has 1 saturated heterocycles. The van der Waals surface area contributed by atoms with E-state index in [1.807, 2.05) is 27.2 Å². The molecule has 7 rings (SSSR count). The number of amidine groups is 1. The molecular weight excluding hydrogens is 534 g/mol. The predicted molar refractivity (Wildman–Crippen MR) is 159 cm³/mol. The summed E-state index contributed by atoms with van der Waals surface area (Å²) in [5.74, 6) is 1.08. The summed E-state index contributed by atoms with van der Waals surface area (Å²) in [6.45, 7) is 5.14. The Balaban J connectivity index is 1.24. The smallest absolute Gasteiger partial charge is 0.173 e. The number of thioether (sulfide) groups is 1. The Hall–Kier alpha value is -4.29. The van der Waals surface area contributed by atoms with Crippen molar-refractivity contribution in [1.82, 2.24) is 44.3 Å². The van der Waals surface area contributed by atoms with Gasteiger partial charge in [-0.3, -0.25) is 15.3 Å². The summed E-state index contributed by atoms with van der Waals surface area (Å²) in [5.41, 5.74) is 4.68. The van der Waals surface area contributed by atoms with Crippen LogP contribution in [0.1, 0.15) is 28.9 Å². The lowest BCUT2D eigenvalue weighted by atomic mass is 9.91. The van der Waals surface area contributed by atoms with E-state index < -0.39 is 0 Å². The third kappa shape index (κ3) is 5.16. The van der Waals surface area contributed by atoms with Crippen molar-refractivity contribution in [3.05, 3.63) is 102 Å². The van der Waals surface area contributed by atoms with Crippen LogP contribution < -0.4 is 5.49 Å². The summed E-state index contributed by atoms with van der Waals surface area (Å²) in [6, 6.07) is 21.3. The third-order valence-corrected chi connectivity index (χ3v) is 8.79. The molecule has 2 N–H and O–H groups in total. The summed E-state index contributed by atoms with van der Waals surface area (Å²) >= 11 is 1.87. The number of nitrogens with one attached hydrogen (secondary N) is 2. The molecule has 5 heterocycles. The molecule has 11 nitrogen and oxygen atoms in total. The minimum absolute atomic E-state index is 0.0587. The van der Waals surface area contributed by atoms with Gasteiger partial charge in [-0.25, -0.2) is 14.6 Å². The average Bonchev–Trinajstić information content (AvgIpc) is 3.82. The Morgan fingerprint density at radius 3 is 2.34 bits per heavy atom. The maximum absolute atomic E-state index is 8.06. The van der Waals surface area contributed by atoms with Crippen molar-refractivity contribution < 1.29 is 0 Å². The minimum atomic E-state index is -0.0891. The van der Waals surface area contributed by atoms with Crippen molar-refractivity contribution in [3.63, 3.8) is 0 Å². The highest BCUT2D eigenvalue weighted by Crippen LogP contribution is 2.38. The molecule has 2 atom stereocenters. The van der Waals surface area contributed by atoms with Gasteiger partial charge >= 0.3 is 0 Å². The molecule has 0 unspecified atom stereocenters. The molecule has 2 aromatic carbocycles. The summed E-state index contributed by atoms with van der Waals surface area (Å²) in [5, 5.41) is 18.5. The van der Waals surface area contributed by atoms with Gasteiger partial charge in [0, 0.05) is 31.9 Å². The fourth-order valence-electron chi connectivity index (χ4n) is 5.82. The predicted octanol–water partition coefficient (Wildman–Crippen LogP) is 2.93. The minimum Gasteiger partial charge on any atom is -0.349 e. The molecule has 2 aliphatic rings. The van der Waals surface area contributed by atoms with Crippen LogP contribution in [0.15, 0.2) is 84.5 Å². The van der Waals surface area contributed by atoms with E-state index in [4.69, 9.17) is 15.6 Å². The zero-order valence-electron chi connectivity index (χ0n) is 22.5. The molecule has 5 aromatic rings. The van der Waals surface area contributed by atoms with Crippen molar-refractivity contribution in [2.24, 2.45) is 4.99 Å². The lowest BCUT2D eigenvalue weighted by Crippen LogP contribution is -2.50. The van der Waals surface area contributed by atoms with Crippen LogP contribution in [0.5, 0.6) is 0 Å². The molecule has 208 valence electrons. The number of imidazole rings is 1. The van der Waals surface area contributed by atoms with Gasteiger partial charge in [-0.1, -0.05) is 77.6 Å². The average molecular weight is 566 g/mol. The molecule has 12 heteroatoms. The topological polar surface area (TPSA) is 120 Å². The zero-order valence-corrected chi connectivity index (χ0v) is 23.4. The quantitative estimate of drug-likeness (QED) is 0.311. The Labute approximate surface area is 241 Å². The summed E-state index contributed by atoms with van der Waals surface area (Å²) in [6.07, 6.45) is 5.26. The maximum atomic E-state index is 8.06. The van der Waals surface area contributed by atoms with Crippen LogP contribution in [0.3, 0.4) is 0 Å². The van der Waals surface area contributed by atoms with Gasteiger partial charge < -0.3 is 14.5 Å². The summed E-state index contributed by atoms with van der Waals surface area (Å²) in [7, 11) is 0. The lowest BCUT2D eigenvalue weighted by molar-refractivity contribution is 0.104. The van der Waals surface area contributed by atoms with Crippen LogP contribution in [0.25, 0.3) is 11.2 Å². The van der Waals surface area contributed by atoms with Crippen molar-refractivity contribution in [1.29, 1.82) is 5.41 Å². The number of hydrogen-bond donors (Lipinski definition) is 2. The van der Waals surface area contributed by atoms with Gasteiger partial charge in [0.15, 0.2) is 16.3 Å². The first-order valence-corrected chi connectivity index (χ1v) is 14.8. The van der Waals surface area contributed by atoms with Crippen molar-refractivity contribution >= 4 is 28.1 Å². The number of aliphatic imine (C=N–C) groups is 1. The van der Waals surface area contributed by atoms with Crippen LogP contribution >= 0.6 is 11.8 Å². The number of aromatic nitrogens is 7. The van der Waals surface area contributed by atoms with Crippen LogP contribution in [0.4, 0.5) is 0 Å². The van der Waals surface area contributed by atoms with E-state index in [1.54, 1.807) is 12.7 Å². The number of aromatic amines is 1. The first kappa shape index (κ1) is 25.7. The van der Waals surface area contributed by atoms with Gasteiger partial charge in [-0.05, 0) is 11.1 Å². The highest BCUT2D eigenvalue weighted by atomic mass is 32.2. The number of H-pyrrole nitrogens is 1. The van der Waals surface area contributed by atoms with Crippen LogP contribution in [-0.2, 0) is 6.54 Å². The van der Waals surface area contributed by atoms with E-state index in [2.05, 4.69) is 90.5 Å². The van der Waals surface area contributed by atoms with Crippen molar-refractivity contribution in [3.8, 4) is 0 Å². The summed E-state index contributed by atoms with van der Waals surface area (Å²) < 4.78 is 3.91. The van der Waals surface area contributed by atoms with Gasteiger partial charge in [0.05, 0.1) is 44.0 Å². The van der Waals surface area contributed by atoms with Gasteiger partial charge in [0.1, 0.15) is 11.2 Å². The van der Waals surface area contributed by atoms with Gasteiger partial charge in [0.25, 0.3) is 0 Å². The van der Waals surface area contributed by atoms with Crippen LogP contribution in [0, 0.1) is 5.41 Å². The van der Waals surface area contributed by atoms with Crippen LogP contribution in [-0.4, -0.2) is 88.0 Å². The number of nitrogens with zero attached hydrogens (tertiary/aromatic N) is 9. The number of fused-ring (bicyclic) bond motifs is 1. The summed E-state index contributed by atoms with van der Waals surface area (Å²) in [4.78, 5) is 21.4. The Bertz CT molecular complexity index is 1700. The first-order chi connectivity index (χ1) is 20.2. The van der Waals surface area contributed by atoms with Gasteiger partial charge in [-0.2, -0.15) is 0 Å². The fraction of sp³-hybridized carbons (Fsp3) is 0.310. The second kappa shape index (κ2) is 11.3. The Morgan fingerprint density at radius 2 is 1.63 bits per heavy atom. The lowest BCUT2D eigenvalue weighted by Gasteiger charge is -2.43. The molecule has 2 aliphatic heterocycles. The number of hydrogen-bond acceptors (Lipinski definition) is 9.